The van der Waals surface area contributed by atoms with Gasteiger partial charge >= 0.3 is 6.18 Å². The van der Waals surface area contributed by atoms with Crippen LogP contribution in [0.5, 0.6) is 0 Å². The molecule has 1 N–H and O–H groups in total. The molecule has 3 aromatic rings. The van der Waals surface area contributed by atoms with Gasteiger partial charge in [-0.1, -0.05) is 29.8 Å². The van der Waals surface area contributed by atoms with Crippen molar-refractivity contribution in [1.82, 2.24) is 10.3 Å². The van der Waals surface area contributed by atoms with Crippen molar-refractivity contribution in [3.63, 3.8) is 0 Å². The highest BCUT2D eigenvalue weighted by Gasteiger charge is 2.30. The molecule has 0 atom stereocenters. The Labute approximate surface area is 181 Å². The number of carbonyl (C=O) groups is 1. The molecule has 31 heavy (non-hydrogen) atoms. The molecule has 1 amide bonds. The number of sulfone groups is 1. The minimum atomic E-state index is -4.41. The average Bonchev–Trinajstić information content (AvgIpc) is 2.71. The molecule has 5 nitrogen and oxygen atoms in total. The first-order valence-corrected chi connectivity index (χ1v) is 11.1. The van der Waals surface area contributed by atoms with Crippen molar-refractivity contribution in [3.8, 4) is 11.3 Å². The van der Waals surface area contributed by atoms with Crippen molar-refractivity contribution in [1.29, 1.82) is 0 Å². The highest BCUT2D eigenvalue weighted by Crippen LogP contribution is 2.30. The maximum Gasteiger partial charge on any atom is 0.416 e. The number of aromatic nitrogens is 1. The fourth-order valence-corrected chi connectivity index (χ4v) is 3.67. The Balaban J connectivity index is 1.67. The van der Waals surface area contributed by atoms with Gasteiger partial charge in [-0.25, -0.2) is 8.42 Å². The first kappa shape index (κ1) is 22.8. The van der Waals surface area contributed by atoms with Crippen LogP contribution in [0.2, 0.25) is 5.02 Å². The van der Waals surface area contributed by atoms with Crippen LogP contribution in [-0.2, 0) is 22.6 Å². The lowest BCUT2D eigenvalue weighted by molar-refractivity contribution is -0.137. The summed E-state index contributed by atoms with van der Waals surface area (Å²) in [5.74, 6) is -0.435. The number of hydrogen-bond acceptors (Lipinski definition) is 4. The van der Waals surface area contributed by atoms with Gasteiger partial charge in [-0.2, -0.15) is 13.2 Å². The number of halogens is 4. The van der Waals surface area contributed by atoms with Gasteiger partial charge in [0.05, 0.1) is 21.7 Å². The van der Waals surface area contributed by atoms with Crippen LogP contribution in [0.3, 0.4) is 0 Å². The van der Waals surface area contributed by atoms with Crippen LogP contribution in [0.4, 0.5) is 13.2 Å². The van der Waals surface area contributed by atoms with Crippen LogP contribution in [0.1, 0.15) is 21.5 Å². The third-order valence-electron chi connectivity index (χ3n) is 4.43. The molecule has 0 spiro atoms. The predicted molar refractivity (Wildman–Crippen MR) is 110 cm³/mol. The maximum absolute atomic E-state index is 12.7. The third kappa shape index (κ3) is 5.62. The predicted octanol–water partition coefficient (Wildman–Crippen LogP) is 4.75. The fourth-order valence-electron chi connectivity index (χ4n) is 2.71. The average molecular weight is 469 g/mol. The van der Waals surface area contributed by atoms with Crippen LogP contribution in [-0.4, -0.2) is 25.6 Å². The molecule has 0 saturated carbocycles. The van der Waals surface area contributed by atoms with Gasteiger partial charge in [0.2, 0.25) is 0 Å². The van der Waals surface area contributed by atoms with Crippen LogP contribution >= 0.6 is 11.6 Å². The second kappa shape index (κ2) is 8.68. The number of rotatable bonds is 5. The zero-order valence-electron chi connectivity index (χ0n) is 16.1. The number of carbonyl (C=O) groups excluding carboxylic acids is 1. The van der Waals surface area contributed by atoms with Gasteiger partial charge in [-0.15, -0.1) is 0 Å². The Morgan fingerprint density at radius 3 is 2.26 bits per heavy atom. The van der Waals surface area contributed by atoms with Gasteiger partial charge in [0.25, 0.3) is 5.91 Å². The van der Waals surface area contributed by atoms with Gasteiger partial charge in [0, 0.05) is 29.6 Å². The number of nitrogens with one attached hydrogen (secondary N) is 1. The standard InChI is InChI=1S/C21H16ClF3N2O3S/c1-31(29,30)17-8-4-14(18(22)10-17)11-27-20(28)15-5-9-19(26-12-15)13-2-6-16(7-3-13)21(23,24)25/h2-10,12H,11H2,1H3,(H,27,28). The molecule has 0 bridgehead atoms. The number of amides is 1. The van der Waals surface area contributed by atoms with E-state index in [2.05, 4.69) is 10.3 Å². The Hall–Kier alpha value is -2.91. The fraction of sp³-hybridized carbons (Fsp3) is 0.143. The summed E-state index contributed by atoms with van der Waals surface area (Å²) < 4.78 is 61.1. The molecule has 0 aliphatic heterocycles. The van der Waals surface area contributed by atoms with Crippen LogP contribution < -0.4 is 5.32 Å². The largest absolute Gasteiger partial charge is 0.416 e. The summed E-state index contributed by atoms with van der Waals surface area (Å²) in [6, 6.07) is 11.8. The second-order valence-electron chi connectivity index (χ2n) is 6.72. The quantitative estimate of drug-likeness (QED) is 0.586. The summed E-state index contributed by atoms with van der Waals surface area (Å²) in [6.45, 7) is 0.0718. The molecule has 0 unspecified atom stereocenters. The van der Waals surface area contributed by atoms with Crippen LogP contribution in [0, 0.1) is 0 Å². The van der Waals surface area contributed by atoms with E-state index in [4.69, 9.17) is 11.6 Å². The number of alkyl halides is 3. The van der Waals surface area contributed by atoms with Gasteiger partial charge in [-0.05, 0) is 42.0 Å². The zero-order valence-corrected chi connectivity index (χ0v) is 17.6. The Morgan fingerprint density at radius 1 is 1.06 bits per heavy atom. The molecule has 162 valence electrons. The summed E-state index contributed by atoms with van der Waals surface area (Å²) in [5, 5.41) is 2.87. The summed E-state index contributed by atoms with van der Waals surface area (Å²) in [6.07, 6.45) is -2.03. The molecular weight excluding hydrogens is 453 g/mol. The van der Waals surface area contributed by atoms with E-state index in [1.165, 1.54) is 48.7 Å². The monoisotopic (exact) mass is 468 g/mol. The highest BCUT2D eigenvalue weighted by molar-refractivity contribution is 7.90. The van der Waals surface area contributed by atoms with Gasteiger partial charge in [0.1, 0.15) is 0 Å². The number of hydrogen-bond donors (Lipinski definition) is 1. The van der Waals surface area contributed by atoms with Gasteiger partial charge < -0.3 is 5.32 Å². The lowest BCUT2D eigenvalue weighted by Gasteiger charge is -2.09. The zero-order chi connectivity index (χ0) is 22.8. The van der Waals surface area contributed by atoms with Gasteiger partial charge in [0.15, 0.2) is 9.84 Å². The molecule has 0 saturated heterocycles. The molecule has 3 rings (SSSR count). The summed E-state index contributed by atoms with van der Waals surface area (Å²) in [5.41, 5.74) is 0.939. The lowest BCUT2D eigenvalue weighted by Crippen LogP contribution is -2.23. The molecule has 0 aliphatic carbocycles. The van der Waals surface area contributed by atoms with E-state index in [1.54, 1.807) is 0 Å². The van der Waals surface area contributed by atoms with Crippen molar-refractivity contribution in [3.05, 3.63) is 82.5 Å². The molecule has 1 heterocycles. The van der Waals surface area contributed by atoms with Crippen LogP contribution in [0.25, 0.3) is 11.3 Å². The van der Waals surface area contributed by atoms with E-state index in [-0.39, 0.29) is 22.0 Å². The number of pyridine rings is 1. The third-order valence-corrected chi connectivity index (χ3v) is 5.89. The Morgan fingerprint density at radius 2 is 1.74 bits per heavy atom. The SMILES string of the molecule is CS(=O)(=O)c1ccc(CNC(=O)c2ccc(-c3ccc(C(F)(F)F)cc3)nc2)c(Cl)c1. The van der Waals surface area contributed by atoms with Crippen molar-refractivity contribution >= 4 is 27.3 Å². The molecular formula is C21H16ClF3N2O3S. The second-order valence-corrected chi connectivity index (χ2v) is 9.14. The Bertz CT molecular complexity index is 1210. The lowest BCUT2D eigenvalue weighted by atomic mass is 10.1. The molecule has 0 aliphatic rings. The van der Waals surface area contributed by atoms with Gasteiger partial charge in [-0.3, -0.25) is 9.78 Å². The molecule has 10 heteroatoms. The normalized spacial score (nSPS) is 11.9. The van der Waals surface area contributed by atoms with E-state index < -0.39 is 27.5 Å². The first-order valence-electron chi connectivity index (χ1n) is 8.85. The minimum Gasteiger partial charge on any atom is -0.348 e. The topological polar surface area (TPSA) is 76.1 Å². The first-order chi connectivity index (χ1) is 14.4. The molecule has 0 radical (unpaired) electrons. The smallest absolute Gasteiger partial charge is 0.348 e. The summed E-state index contributed by atoms with van der Waals surface area (Å²) in [7, 11) is -3.39. The maximum atomic E-state index is 12.7. The Kier molecular flexibility index (Phi) is 6.38. The molecule has 2 aromatic carbocycles. The number of nitrogens with zero attached hydrogens (tertiary/aromatic N) is 1. The van der Waals surface area contributed by atoms with Crippen molar-refractivity contribution < 1.29 is 26.4 Å². The van der Waals surface area contributed by atoms with E-state index in [1.807, 2.05) is 0 Å². The van der Waals surface area contributed by atoms with E-state index in [0.29, 0.717) is 16.8 Å². The van der Waals surface area contributed by atoms with Crippen LogP contribution in [0.15, 0.2) is 65.7 Å². The number of benzene rings is 2. The summed E-state index contributed by atoms with van der Waals surface area (Å²) >= 11 is 6.09. The molecule has 1 aromatic heterocycles. The van der Waals surface area contributed by atoms with E-state index in [9.17, 15) is 26.4 Å². The van der Waals surface area contributed by atoms with Crippen molar-refractivity contribution in [2.45, 2.75) is 17.6 Å². The summed E-state index contributed by atoms with van der Waals surface area (Å²) in [4.78, 5) is 16.6. The van der Waals surface area contributed by atoms with Crippen molar-refractivity contribution in [2.24, 2.45) is 0 Å². The minimum absolute atomic E-state index is 0.0718. The van der Waals surface area contributed by atoms with E-state index >= 15 is 0 Å². The molecule has 0 fully saturated rings. The highest BCUT2D eigenvalue weighted by atomic mass is 35.5. The van der Waals surface area contributed by atoms with E-state index in [0.717, 1.165) is 18.4 Å². The van der Waals surface area contributed by atoms with Crippen molar-refractivity contribution in [2.75, 3.05) is 6.26 Å².